The number of allylic oxidation sites excluding steroid dienone is 4. The lowest BCUT2D eigenvalue weighted by molar-refractivity contribution is 0.0697. The Morgan fingerprint density at radius 1 is 1.22 bits per heavy atom. The minimum absolute atomic E-state index is 0.0189. The first-order valence-corrected chi connectivity index (χ1v) is 13.5. The van der Waals surface area contributed by atoms with Gasteiger partial charge in [0.1, 0.15) is 11.5 Å². The highest BCUT2D eigenvalue weighted by atomic mass is 35.5. The highest BCUT2D eigenvalue weighted by Gasteiger charge is 2.64. The number of carbonyl (C=O) groups is 1. The lowest BCUT2D eigenvalue weighted by Crippen LogP contribution is -2.67. The van der Waals surface area contributed by atoms with Crippen LogP contribution in [0.1, 0.15) is 65.4 Å². The molecule has 2 atom stereocenters. The van der Waals surface area contributed by atoms with E-state index in [9.17, 15) is 9.90 Å². The number of nitrogens with one attached hydrogen (secondary N) is 2. The summed E-state index contributed by atoms with van der Waals surface area (Å²) in [5.74, 6) is 0.475. The summed E-state index contributed by atoms with van der Waals surface area (Å²) < 4.78 is 5.84. The standard InChI is InChI=1S/C28H26Cl2N4O3/c29-21-2-1-3-22(30)24(21)25-20(26(37-33-25)15-4-5-15)13-31-23-12-28(23)14-32-34(28)19-9-8-16-10-18(27(35)36)7-6-17(16)11-19/h2,6-11,15,23,31-32H,1,3-5,12-14H2,(H,35,36). The maximum Gasteiger partial charge on any atom is 0.335 e. The smallest absolute Gasteiger partial charge is 0.335 e. The van der Waals surface area contributed by atoms with E-state index in [1.807, 2.05) is 24.3 Å². The molecule has 1 spiro atoms. The minimum Gasteiger partial charge on any atom is -0.478 e. The van der Waals surface area contributed by atoms with E-state index in [2.05, 4.69) is 27.0 Å². The normalized spacial score (nSPS) is 25.0. The molecule has 4 aliphatic rings. The van der Waals surface area contributed by atoms with Gasteiger partial charge in [0, 0.05) is 46.3 Å². The molecule has 3 N–H and O–H groups in total. The Morgan fingerprint density at radius 2 is 2.03 bits per heavy atom. The molecule has 1 aromatic heterocycles. The van der Waals surface area contributed by atoms with Crippen LogP contribution in [0.25, 0.3) is 16.3 Å². The van der Waals surface area contributed by atoms with E-state index in [0.717, 1.165) is 82.7 Å². The summed E-state index contributed by atoms with van der Waals surface area (Å²) in [7, 11) is 0. The number of aromatic carboxylic acids is 1. The fraction of sp³-hybridized carbons (Fsp3) is 0.357. The van der Waals surface area contributed by atoms with Gasteiger partial charge in [0.25, 0.3) is 0 Å². The number of nitrogens with zero attached hydrogens (tertiary/aromatic N) is 2. The number of fused-ring (bicyclic) bond motifs is 1. The van der Waals surface area contributed by atoms with Gasteiger partial charge in [-0.05, 0) is 67.1 Å². The highest BCUT2D eigenvalue weighted by molar-refractivity contribution is 6.42. The average Bonchev–Trinajstić information content (AvgIpc) is 3.80. The first-order chi connectivity index (χ1) is 17.9. The van der Waals surface area contributed by atoms with Crippen molar-refractivity contribution in [1.29, 1.82) is 0 Å². The molecule has 2 heterocycles. The third-order valence-electron chi connectivity index (χ3n) is 8.09. The van der Waals surface area contributed by atoms with E-state index in [0.29, 0.717) is 29.1 Å². The van der Waals surface area contributed by atoms with Gasteiger partial charge in [-0.3, -0.25) is 5.01 Å². The Balaban J connectivity index is 1.10. The molecular formula is C28H26Cl2N4O3. The summed E-state index contributed by atoms with van der Waals surface area (Å²) in [6.07, 6.45) is 6.88. The van der Waals surface area contributed by atoms with Crippen LogP contribution in [0.15, 0.2) is 57.1 Å². The molecule has 190 valence electrons. The van der Waals surface area contributed by atoms with Gasteiger partial charge < -0.3 is 14.9 Å². The van der Waals surface area contributed by atoms with Crippen molar-refractivity contribution in [1.82, 2.24) is 15.9 Å². The van der Waals surface area contributed by atoms with Gasteiger partial charge in [-0.15, -0.1) is 0 Å². The Hall–Kier alpha value is -2.84. The number of aromatic nitrogens is 1. The maximum absolute atomic E-state index is 11.3. The summed E-state index contributed by atoms with van der Waals surface area (Å²) in [5, 5.41) is 23.0. The Kier molecular flexibility index (Phi) is 5.41. The fourth-order valence-electron chi connectivity index (χ4n) is 5.72. The van der Waals surface area contributed by atoms with Crippen LogP contribution < -0.4 is 15.8 Å². The minimum atomic E-state index is -0.914. The summed E-state index contributed by atoms with van der Waals surface area (Å²) in [6.45, 7) is 1.55. The molecule has 2 saturated carbocycles. The molecule has 2 aromatic carbocycles. The van der Waals surface area contributed by atoms with Crippen molar-refractivity contribution in [3.8, 4) is 0 Å². The Bertz CT molecular complexity index is 1510. The van der Waals surface area contributed by atoms with Crippen LogP contribution in [-0.2, 0) is 6.54 Å². The molecule has 7 nitrogen and oxygen atoms in total. The van der Waals surface area contributed by atoms with Crippen LogP contribution in [0.5, 0.6) is 0 Å². The lowest BCUT2D eigenvalue weighted by atomic mass is 9.98. The predicted octanol–water partition coefficient (Wildman–Crippen LogP) is 5.90. The number of benzene rings is 2. The number of hydrogen-bond acceptors (Lipinski definition) is 6. The molecular weight excluding hydrogens is 511 g/mol. The molecule has 1 aliphatic heterocycles. The maximum atomic E-state index is 11.3. The molecule has 0 bridgehead atoms. The largest absolute Gasteiger partial charge is 0.478 e. The summed E-state index contributed by atoms with van der Waals surface area (Å²) in [5.41, 5.74) is 7.51. The van der Waals surface area contributed by atoms with E-state index in [1.54, 1.807) is 12.1 Å². The van der Waals surface area contributed by atoms with E-state index in [4.69, 9.17) is 27.7 Å². The van der Waals surface area contributed by atoms with Gasteiger partial charge in [0.15, 0.2) is 0 Å². The van der Waals surface area contributed by atoms with Crippen LogP contribution in [0.2, 0.25) is 0 Å². The quantitative estimate of drug-likeness (QED) is 0.346. The molecule has 1 saturated heterocycles. The van der Waals surface area contributed by atoms with Gasteiger partial charge in [-0.1, -0.05) is 46.6 Å². The van der Waals surface area contributed by atoms with E-state index >= 15 is 0 Å². The average molecular weight is 537 g/mol. The third kappa shape index (κ3) is 3.87. The molecule has 0 amide bonds. The fourth-order valence-corrected chi connectivity index (χ4v) is 6.38. The van der Waals surface area contributed by atoms with Crippen molar-refractivity contribution in [3.05, 3.63) is 75.1 Å². The van der Waals surface area contributed by atoms with Crippen molar-refractivity contribution < 1.29 is 14.4 Å². The molecule has 2 unspecified atom stereocenters. The van der Waals surface area contributed by atoms with E-state index in [1.165, 1.54) is 0 Å². The topological polar surface area (TPSA) is 90.6 Å². The molecule has 9 heteroatoms. The van der Waals surface area contributed by atoms with Crippen molar-refractivity contribution in [3.63, 3.8) is 0 Å². The highest BCUT2D eigenvalue weighted by Crippen LogP contribution is 2.49. The summed E-state index contributed by atoms with van der Waals surface area (Å²) in [6, 6.07) is 11.7. The molecule has 7 rings (SSSR count). The monoisotopic (exact) mass is 536 g/mol. The Morgan fingerprint density at radius 3 is 2.76 bits per heavy atom. The van der Waals surface area contributed by atoms with E-state index in [-0.39, 0.29) is 5.54 Å². The number of hydrogen-bond donors (Lipinski definition) is 3. The first kappa shape index (κ1) is 23.3. The van der Waals surface area contributed by atoms with Crippen LogP contribution in [0.4, 0.5) is 5.69 Å². The van der Waals surface area contributed by atoms with Crippen molar-refractivity contribution in [2.45, 2.75) is 56.1 Å². The number of hydrazine groups is 1. The van der Waals surface area contributed by atoms with Gasteiger partial charge in [0.2, 0.25) is 0 Å². The molecule has 37 heavy (non-hydrogen) atoms. The SMILES string of the molecule is O=C(O)c1ccc2cc(N3NCC34CC4NCc3c(C4=C(Cl)CCC=C4Cl)noc3C3CC3)ccc2c1. The second-order valence-corrected chi connectivity index (χ2v) is 11.3. The summed E-state index contributed by atoms with van der Waals surface area (Å²) in [4.78, 5) is 11.3. The Labute approximate surface area is 224 Å². The first-order valence-electron chi connectivity index (χ1n) is 12.7. The molecule has 0 radical (unpaired) electrons. The van der Waals surface area contributed by atoms with E-state index < -0.39 is 5.97 Å². The van der Waals surface area contributed by atoms with Gasteiger partial charge in [-0.2, -0.15) is 0 Å². The van der Waals surface area contributed by atoms with Crippen molar-refractivity contribution in [2.24, 2.45) is 0 Å². The summed E-state index contributed by atoms with van der Waals surface area (Å²) >= 11 is 13.2. The number of carboxylic acids is 1. The number of carboxylic acid groups (broad SMARTS) is 1. The molecule has 3 aliphatic carbocycles. The van der Waals surface area contributed by atoms with Crippen LogP contribution >= 0.6 is 23.2 Å². The molecule has 3 aromatic rings. The zero-order valence-corrected chi connectivity index (χ0v) is 21.6. The molecule has 3 fully saturated rings. The van der Waals surface area contributed by atoms with Gasteiger partial charge >= 0.3 is 5.97 Å². The van der Waals surface area contributed by atoms with Crippen molar-refractivity contribution in [2.75, 3.05) is 11.6 Å². The second kappa shape index (κ2) is 8.60. The zero-order chi connectivity index (χ0) is 25.3. The zero-order valence-electron chi connectivity index (χ0n) is 20.1. The number of rotatable bonds is 7. The van der Waals surface area contributed by atoms with Gasteiger partial charge in [0.05, 0.1) is 16.8 Å². The number of anilines is 1. The van der Waals surface area contributed by atoms with Crippen LogP contribution in [0, 0.1) is 0 Å². The van der Waals surface area contributed by atoms with Crippen molar-refractivity contribution >= 4 is 51.2 Å². The third-order valence-corrected chi connectivity index (χ3v) is 8.81. The van der Waals surface area contributed by atoms with Crippen LogP contribution in [0.3, 0.4) is 0 Å². The van der Waals surface area contributed by atoms with Gasteiger partial charge in [-0.25, -0.2) is 10.2 Å². The predicted molar refractivity (Wildman–Crippen MR) is 144 cm³/mol. The van der Waals surface area contributed by atoms with Crippen LogP contribution in [-0.4, -0.2) is 34.4 Å². The lowest BCUT2D eigenvalue weighted by Gasteiger charge is -2.45. The second-order valence-electron chi connectivity index (χ2n) is 10.5. The number of halogens is 2.